The highest BCUT2D eigenvalue weighted by Gasteiger charge is 2.64. The Morgan fingerprint density at radius 2 is 1.84 bits per heavy atom. The zero-order valence-electron chi connectivity index (χ0n) is 23.1. The van der Waals surface area contributed by atoms with Gasteiger partial charge in [-0.3, -0.25) is 4.98 Å². The summed E-state index contributed by atoms with van der Waals surface area (Å²) in [6.07, 6.45) is 2.73. The summed E-state index contributed by atoms with van der Waals surface area (Å²) in [6, 6.07) is 12.0. The van der Waals surface area contributed by atoms with Gasteiger partial charge in [0.05, 0.1) is 28.6 Å². The van der Waals surface area contributed by atoms with E-state index in [0.717, 1.165) is 24.1 Å². The average Bonchev–Trinajstić information content (AvgIpc) is 3.91. The summed E-state index contributed by atoms with van der Waals surface area (Å²) in [5.74, 6) is 0.160. The smallest absolute Gasteiger partial charge is 0.354 e. The third kappa shape index (κ3) is 5.46. The molecule has 7 rings (SSSR count). The van der Waals surface area contributed by atoms with Gasteiger partial charge in [0.25, 0.3) is 0 Å². The topological polar surface area (TPSA) is 106 Å². The highest BCUT2D eigenvalue weighted by atomic mass is 19.4. The molecule has 2 aliphatic carbocycles. The van der Waals surface area contributed by atoms with Crippen LogP contribution in [0.3, 0.4) is 0 Å². The molecule has 2 aliphatic rings. The molecule has 1 aromatic carbocycles. The van der Waals surface area contributed by atoms with Crippen LogP contribution in [0.15, 0.2) is 61.3 Å². The predicted molar refractivity (Wildman–Crippen MR) is 152 cm³/mol. The number of pyridine rings is 2. The van der Waals surface area contributed by atoms with Crippen LogP contribution in [0.25, 0.3) is 28.0 Å². The number of fused-ring (bicyclic) bond motifs is 1. The molecule has 2 fully saturated rings. The third-order valence-electron chi connectivity index (χ3n) is 8.01. The third-order valence-corrected chi connectivity index (χ3v) is 8.01. The van der Waals surface area contributed by atoms with Gasteiger partial charge in [0, 0.05) is 11.8 Å². The van der Waals surface area contributed by atoms with Gasteiger partial charge in [-0.05, 0) is 80.8 Å². The van der Waals surface area contributed by atoms with Crippen molar-refractivity contribution >= 4 is 22.8 Å². The lowest BCUT2D eigenvalue weighted by Crippen LogP contribution is -2.39. The Morgan fingerprint density at radius 1 is 1.05 bits per heavy atom. The number of rotatable bonds is 9. The highest BCUT2D eigenvalue weighted by Crippen LogP contribution is 2.51. The number of nitrogens with one attached hydrogen (secondary N) is 2. The maximum absolute atomic E-state index is 14.8. The van der Waals surface area contributed by atoms with E-state index < -0.39 is 17.5 Å². The highest BCUT2D eigenvalue weighted by molar-refractivity contribution is 5.88. The first-order chi connectivity index (χ1) is 20.7. The van der Waals surface area contributed by atoms with Gasteiger partial charge in [0.1, 0.15) is 29.5 Å². The van der Waals surface area contributed by atoms with Gasteiger partial charge in [0.2, 0.25) is 5.95 Å². The normalized spacial score (nSPS) is 16.7. The van der Waals surface area contributed by atoms with E-state index in [1.54, 1.807) is 29.3 Å². The fourth-order valence-corrected chi connectivity index (χ4v) is 5.04. The van der Waals surface area contributed by atoms with E-state index in [2.05, 4.69) is 40.7 Å². The van der Waals surface area contributed by atoms with Crippen LogP contribution < -0.4 is 10.6 Å². The zero-order chi connectivity index (χ0) is 29.8. The number of hydrogen-bond donors (Lipinski definition) is 2. The number of anilines is 2. The molecule has 2 saturated carbocycles. The minimum Gasteiger partial charge on any atom is -0.354 e. The van der Waals surface area contributed by atoms with E-state index >= 15 is 0 Å². The molecule has 0 aliphatic heterocycles. The van der Waals surface area contributed by atoms with Crippen molar-refractivity contribution in [1.82, 2.24) is 34.7 Å². The van der Waals surface area contributed by atoms with Gasteiger partial charge >= 0.3 is 6.18 Å². The molecule has 0 bridgehead atoms. The Balaban J connectivity index is 1.21. The maximum atomic E-state index is 14.8. The first-order valence-electron chi connectivity index (χ1n) is 14.1. The number of benzene rings is 1. The molecule has 13 heteroatoms. The first-order valence-corrected chi connectivity index (χ1v) is 14.1. The second kappa shape index (κ2) is 10.2. The second-order valence-electron chi connectivity index (χ2n) is 11.3. The van der Waals surface area contributed by atoms with Crippen molar-refractivity contribution in [2.24, 2.45) is 5.92 Å². The Hall–Kier alpha value is -4.68. The number of aromatic nitrogens is 7. The van der Waals surface area contributed by atoms with Gasteiger partial charge in [0.15, 0.2) is 5.82 Å². The standard InChI is InChI=1S/C30H27F4N9/c1-17(19-4-6-21(7-5-19)43-16-35-15-37-43)38-28-40-24-9-8-23(20-13-22(31)25(36-14-20)12-18-2-3-18)39-26(24)27(41-28)42-29(10-11-29)30(32,33)34/h4-9,13-18H,2-3,10-12H2,1H3,(H2,38,40,41,42)/t17-/m1/s1. The van der Waals surface area contributed by atoms with Crippen LogP contribution >= 0.6 is 0 Å². The monoisotopic (exact) mass is 589 g/mol. The lowest BCUT2D eigenvalue weighted by atomic mass is 10.1. The van der Waals surface area contributed by atoms with Crippen molar-refractivity contribution < 1.29 is 17.6 Å². The zero-order valence-corrected chi connectivity index (χ0v) is 23.1. The molecule has 2 N–H and O–H groups in total. The van der Waals surface area contributed by atoms with Gasteiger partial charge in [-0.15, -0.1) is 0 Å². The minimum atomic E-state index is -4.47. The largest absolute Gasteiger partial charge is 0.411 e. The van der Waals surface area contributed by atoms with Crippen molar-refractivity contribution in [3.05, 3.63) is 78.4 Å². The number of alkyl halides is 3. The molecule has 0 unspecified atom stereocenters. The van der Waals surface area contributed by atoms with Crippen molar-refractivity contribution in [2.75, 3.05) is 10.6 Å². The maximum Gasteiger partial charge on any atom is 0.411 e. The summed E-state index contributed by atoms with van der Waals surface area (Å²) in [7, 11) is 0. The summed E-state index contributed by atoms with van der Waals surface area (Å²) in [5.41, 5.74) is 1.36. The Kier molecular flexibility index (Phi) is 6.47. The van der Waals surface area contributed by atoms with Crippen molar-refractivity contribution in [3.8, 4) is 16.9 Å². The summed E-state index contributed by atoms with van der Waals surface area (Å²) in [6.45, 7) is 1.90. The van der Waals surface area contributed by atoms with E-state index in [1.807, 2.05) is 31.2 Å². The quantitative estimate of drug-likeness (QED) is 0.189. The molecule has 0 saturated heterocycles. The molecule has 4 heterocycles. The lowest BCUT2D eigenvalue weighted by Gasteiger charge is -2.23. The fraction of sp³-hybridized carbons (Fsp3) is 0.333. The lowest BCUT2D eigenvalue weighted by molar-refractivity contribution is -0.151. The van der Waals surface area contributed by atoms with Crippen LogP contribution in [0, 0.1) is 11.7 Å². The molecular weight excluding hydrogens is 562 g/mol. The summed E-state index contributed by atoms with van der Waals surface area (Å²) >= 11 is 0. The van der Waals surface area contributed by atoms with Crippen molar-refractivity contribution in [3.63, 3.8) is 0 Å². The van der Waals surface area contributed by atoms with Crippen LogP contribution in [0.2, 0.25) is 0 Å². The van der Waals surface area contributed by atoms with Gasteiger partial charge < -0.3 is 10.6 Å². The fourth-order valence-electron chi connectivity index (χ4n) is 5.04. The Labute approximate surface area is 243 Å². The Morgan fingerprint density at radius 3 is 2.49 bits per heavy atom. The van der Waals surface area contributed by atoms with Crippen LogP contribution in [0.5, 0.6) is 0 Å². The molecule has 4 aromatic heterocycles. The molecule has 1 atom stereocenters. The van der Waals surface area contributed by atoms with E-state index in [4.69, 9.17) is 0 Å². The SMILES string of the molecule is C[C@@H](Nc1nc(NC2(C(F)(F)F)CC2)c2nc(-c3cnc(CC4CC4)c(F)c3)ccc2n1)c1ccc(-n2cncn2)cc1. The molecule has 43 heavy (non-hydrogen) atoms. The summed E-state index contributed by atoms with van der Waals surface area (Å²) < 4.78 is 58.4. The molecule has 220 valence electrons. The van der Waals surface area contributed by atoms with E-state index in [0.29, 0.717) is 34.8 Å². The molecule has 0 radical (unpaired) electrons. The van der Waals surface area contributed by atoms with Crippen LogP contribution in [-0.2, 0) is 6.42 Å². The molecular formula is C30H27F4N9. The van der Waals surface area contributed by atoms with Gasteiger partial charge in [-0.25, -0.2) is 24.0 Å². The molecule has 9 nitrogen and oxygen atoms in total. The van der Waals surface area contributed by atoms with E-state index in [9.17, 15) is 17.6 Å². The number of nitrogens with zero attached hydrogens (tertiary/aromatic N) is 7. The predicted octanol–water partition coefficient (Wildman–Crippen LogP) is 6.44. The van der Waals surface area contributed by atoms with Gasteiger partial charge in [-0.1, -0.05) is 12.1 Å². The Bertz CT molecular complexity index is 1780. The van der Waals surface area contributed by atoms with E-state index in [-0.39, 0.29) is 36.2 Å². The second-order valence-corrected chi connectivity index (χ2v) is 11.3. The van der Waals surface area contributed by atoms with Crippen molar-refractivity contribution in [2.45, 2.75) is 56.8 Å². The average molecular weight is 590 g/mol. The summed E-state index contributed by atoms with van der Waals surface area (Å²) in [4.78, 5) is 21.9. The first kappa shape index (κ1) is 27.2. The van der Waals surface area contributed by atoms with Gasteiger partial charge in [-0.2, -0.15) is 23.3 Å². The van der Waals surface area contributed by atoms with Crippen LogP contribution in [0.1, 0.15) is 49.9 Å². The van der Waals surface area contributed by atoms with E-state index in [1.165, 1.54) is 12.4 Å². The van der Waals surface area contributed by atoms with Crippen LogP contribution in [0.4, 0.5) is 29.3 Å². The number of halogens is 4. The van der Waals surface area contributed by atoms with Crippen LogP contribution in [-0.4, -0.2) is 46.4 Å². The summed E-state index contributed by atoms with van der Waals surface area (Å²) in [5, 5.41) is 9.96. The molecule has 0 spiro atoms. The minimum absolute atomic E-state index is 0.0447. The molecule has 5 aromatic rings. The molecule has 0 amide bonds. The number of hydrogen-bond acceptors (Lipinski definition) is 8. The van der Waals surface area contributed by atoms with Crippen molar-refractivity contribution in [1.29, 1.82) is 0 Å².